The van der Waals surface area contributed by atoms with Crippen molar-refractivity contribution in [1.29, 1.82) is 0 Å². The van der Waals surface area contributed by atoms with Gasteiger partial charge in [-0.1, -0.05) is 23.2 Å². The predicted molar refractivity (Wildman–Crippen MR) is 117 cm³/mol. The van der Waals surface area contributed by atoms with Crippen LogP contribution in [0, 0.1) is 0 Å². The van der Waals surface area contributed by atoms with Crippen molar-refractivity contribution in [3.63, 3.8) is 0 Å². The largest absolute Gasteiger partial charge is 0.507 e. The molecule has 0 radical (unpaired) electrons. The van der Waals surface area contributed by atoms with Crippen molar-refractivity contribution in [2.75, 3.05) is 19.0 Å². The topological polar surface area (TPSA) is 105 Å². The van der Waals surface area contributed by atoms with Gasteiger partial charge in [-0.05, 0) is 51.1 Å². The number of ether oxygens (including phenoxy) is 2. The maximum atomic E-state index is 12.6. The van der Waals surface area contributed by atoms with E-state index in [0.29, 0.717) is 0 Å². The van der Waals surface area contributed by atoms with Gasteiger partial charge in [0.05, 0.1) is 22.2 Å². The lowest BCUT2D eigenvalue weighted by Crippen LogP contribution is -2.33. The minimum Gasteiger partial charge on any atom is -0.507 e. The van der Waals surface area contributed by atoms with Gasteiger partial charge in [0.1, 0.15) is 11.5 Å². The summed E-state index contributed by atoms with van der Waals surface area (Å²) in [5, 5.41) is 12.5. The lowest BCUT2D eigenvalue weighted by molar-refractivity contribution is -0.152. The van der Waals surface area contributed by atoms with E-state index in [2.05, 4.69) is 10.1 Å². The summed E-state index contributed by atoms with van der Waals surface area (Å²) in [6.45, 7) is 5.33. The van der Waals surface area contributed by atoms with Crippen molar-refractivity contribution >= 4 is 46.7 Å². The number of hydrogen-bond acceptors (Lipinski definition) is 6. The molecule has 0 fully saturated rings. The van der Waals surface area contributed by atoms with Gasteiger partial charge in [-0.15, -0.1) is 0 Å². The molecule has 8 nitrogen and oxygen atoms in total. The highest BCUT2D eigenvalue weighted by atomic mass is 35.5. The molecule has 2 rings (SSSR count). The van der Waals surface area contributed by atoms with Crippen LogP contribution in [0.1, 0.15) is 31.1 Å². The van der Waals surface area contributed by atoms with Crippen LogP contribution in [0.3, 0.4) is 0 Å². The molecule has 0 spiro atoms. The molecule has 0 aliphatic heterocycles. The van der Waals surface area contributed by atoms with Crippen LogP contribution in [0.5, 0.6) is 17.2 Å². The second kappa shape index (κ2) is 10.4. The van der Waals surface area contributed by atoms with Crippen LogP contribution >= 0.6 is 23.2 Å². The van der Waals surface area contributed by atoms with E-state index in [-0.39, 0.29) is 57.1 Å². The number of amides is 2. The second-order valence-corrected chi connectivity index (χ2v) is 7.55. The van der Waals surface area contributed by atoms with Crippen molar-refractivity contribution in [1.82, 2.24) is 4.90 Å². The Labute approximate surface area is 189 Å². The number of aromatic hydroxyl groups is 1. The van der Waals surface area contributed by atoms with Gasteiger partial charge >= 0.3 is 11.9 Å². The highest BCUT2D eigenvalue weighted by molar-refractivity contribution is 6.39. The molecule has 2 aromatic rings. The van der Waals surface area contributed by atoms with Gasteiger partial charge in [0, 0.05) is 18.8 Å². The number of carbonyl (C=O) groups is 3. The third kappa shape index (κ3) is 6.02. The van der Waals surface area contributed by atoms with Crippen LogP contribution in [-0.2, 0) is 14.3 Å². The first kappa shape index (κ1) is 24.3. The van der Waals surface area contributed by atoms with Crippen LogP contribution in [0.2, 0.25) is 10.0 Å². The van der Waals surface area contributed by atoms with Gasteiger partial charge < -0.3 is 24.8 Å². The number of halogens is 2. The van der Waals surface area contributed by atoms with Gasteiger partial charge in [0.15, 0.2) is 5.75 Å². The van der Waals surface area contributed by atoms with Crippen molar-refractivity contribution in [3.8, 4) is 17.2 Å². The summed E-state index contributed by atoms with van der Waals surface area (Å²) in [5.74, 6) is -2.31. The molecule has 0 bridgehead atoms. The maximum absolute atomic E-state index is 12.6. The minimum atomic E-state index is -1.04. The molecule has 0 aromatic heterocycles. The van der Waals surface area contributed by atoms with Gasteiger partial charge in [0.2, 0.25) is 0 Å². The summed E-state index contributed by atoms with van der Waals surface area (Å²) in [6, 6.07) is 6.77. The molecule has 0 saturated heterocycles. The summed E-state index contributed by atoms with van der Waals surface area (Å²) < 4.78 is 10.3. The first-order valence-electron chi connectivity index (χ1n) is 9.30. The Morgan fingerprint density at radius 1 is 1.13 bits per heavy atom. The van der Waals surface area contributed by atoms with E-state index in [0.717, 1.165) is 0 Å². The number of nitrogens with one attached hydrogen (secondary N) is 1. The predicted octanol–water partition coefficient (Wildman–Crippen LogP) is 4.47. The smallest absolute Gasteiger partial charge is 0.397 e. The fraction of sp³-hybridized carbons (Fsp3) is 0.286. The van der Waals surface area contributed by atoms with Crippen molar-refractivity contribution in [2.24, 2.45) is 0 Å². The summed E-state index contributed by atoms with van der Waals surface area (Å²) in [4.78, 5) is 37.3. The number of phenols is 1. The number of anilines is 1. The molecule has 166 valence electrons. The Balaban J connectivity index is 2.27. The monoisotopic (exact) mass is 468 g/mol. The molecule has 31 heavy (non-hydrogen) atoms. The molecule has 0 aliphatic rings. The second-order valence-electron chi connectivity index (χ2n) is 6.73. The molecular formula is C21H22Cl2N2O6. The van der Waals surface area contributed by atoms with Crippen LogP contribution in [0.4, 0.5) is 5.69 Å². The first-order chi connectivity index (χ1) is 14.5. The molecule has 0 atom stereocenters. The molecule has 10 heteroatoms. The third-order valence-electron chi connectivity index (χ3n) is 4.23. The van der Waals surface area contributed by atoms with Gasteiger partial charge in [-0.25, -0.2) is 4.79 Å². The molecule has 0 aliphatic carbocycles. The first-order valence-corrected chi connectivity index (χ1v) is 10.1. The molecule has 0 heterocycles. The number of rotatable bonds is 6. The van der Waals surface area contributed by atoms with Gasteiger partial charge in [-0.3, -0.25) is 9.59 Å². The molecular weight excluding hydrogens is 447 g/mol. The number of benzene rings is 2. The van der Waals surface area contributed by atoms with E-state index >= 15 is 0 Å². The Morgan fingerprint density at radius 3 is 2.29 bits per heavy atom. The van der Waals surface area contributed by atoms with Gasteiger partial charge in [0.25, 0.3) is 5.91 Å². The molecule has 2 N–H and O–H groups in total. The van der Waals surface area contributed by atoms with E-state index in [1.54, 1.807) is 14.0 Å². The molecule has 2 aromatic carbocycles. The molecule has 0 unspecified atom stereocenters. The van der Waals surface area contributed by atoms with E-state index < -0.39 is 11.9 Å². The van der Waals surface area contributed by atoms with Gasteiger partial charge in [-0.2, -0.15) is 0 Å². The number of phenolic OH excluding ortho intramolecular Hbond substituents is 1. The van der Waals surface area contributed by atoms with Crippen molar-refractivity contribution < 1.29 is 29.0 Å². The summed E-state index contributed by atoms with van der Waals surface area (Å²) in [6.07, 6.45) is 0. The number of nitrogens with zero attached hydrogens (tertiary/aromatic N) is 1. The molecule has 2 amide bonds. The fourth-order valence-electron chi connectivity index (χ4n) is 2.40. The number of esters is 1. The standard InChI is InChI=1S/C21H22Cl2N2O6/c1-5-30-21(29)19(27)24-12-8-15(22)18(16(23)9-12)31-13-6-7-17(26)14(10-13)20(28)25(4)11(2)3/h6-11,26H,5H2,1-4H3,(H,24,27). The van der Waals surface area contributed by atoms with E-state index in [9.17, 15) is 19.5 Å². The number of carbonyl (C=O) groups excluding carboxylic acids is 3. The number of hydrogen-bond donors (Lipinski definition) is 2. The average Bonchev–Trinajstić information content (AvgIpc) is 2.70. The van der Waals surface area contributed by atoms with Crippen LogP contribution in [0.15, 0.2) is 30.3 Å². The lowest BCUT2D eigenvalue weighted by atomic mass is 10.1. The third-order valence-corrected chi connectivity index (χ3v) is 4.79. The normalized spacial score (nSPS) is 10.5. The maximum Gasteiger partial charge on any atom is 0.397 e. The van der Waals surface area contributed by atoms with Crippen LogP contribution in [-0.4, -0.2) is 47.5 Å². The molecule has 0 saturated carbocycles. The van der Waals surface area contributed by atoms with Crippen molar-refractivity contribution in [3.05, 3.63) is 45.9 Å². The van der Waals surface area contributed by atoms with Crippen LogP contribution in [0.25, 0.3) is 0 Å². The Hall–Kier alpha value is -2.97. The Bertz CT molecular complexity index is 986. The zero-order chi connectivity index (χ0) is 23.3. The average molecular weight is 469 g/mol. The minimum absolute atomic E-state index is 0.0481. The van der Waals surface area contributed by atoms with E-state index in [1.165, 1.54) is 35.2 Å². The van der Waals surface area contributed by atoms with E-state index in [1.807, 2.05) is 13.8 Å². The highest BCUT2D eigenvalue weighted by Crippen LogP contribution is 2.39. The summed E-state index contributed by atoms with van der Waals surface area (Å²) in [5.41, 5.74) is 0.222. The SMILES string of the molecule is CCOC(=O)C(=O)Nc1cc(Cl)c(Oc2ccc(O)c(C(=O)N(C)C(C)C)c2)c(Cl)c1. The highest BCUT2D eigenvalue weighted by Gasteiger charge is 2.21. The summed E-state index contributed by atoms with van der Waals surface area (Å²) in [7, 11) is 1.62. The Morgan fingerprint density at radius 2 is 1.74 bits per heavy atom. The Kier molecular flexibility index (Phi) is 8.13. The van der Waals surface area contributed by atoms with E-state index in [4.69, 9.17) is 27.9 Å². The lowest BCUT2D eigenvalue weighted by Gasteiger charge is -2.22. The zero-order valence-electron chi connectivity index (χ0n) is 17.4. The van der Waals surface area contributed by atoms with Crippen LogP contribution < -0.4 is 10.1 Å². The summed E-state index contributed by atoms with van der Waals surface area (Å²) >= 11 is 12.5. The zero-order valence-corrected chi connectivity index (χ0v) is 18.9. The quantitative estimate of drug-likeness (QED) is 0.478. The van der Waals surface area contributed by atoms with Crippen molar-refractivity contribution in [2.45, 2.75) is 26.8 Å². The fourth-order valence-corrected chi connectivity index (χ4v) is 2.96.